The van der Waals surface area contributed by atoms with Gasteiger partial charge in [-0.2, -0.15) is 0 Å². The quantitative estimate of drug-likeness (QED) is 0.617. The summed E-state index contributed by atoms with van der Waals surface area (Å²) >= 11 is 0. The summed E-state index contributed by atoms with van der Waals surface area (Å²) in [5, 5.41) is 10.9. The van der Waals surface area contributed by atoms with Gasteiger partial charge in [-0.3, -0.25) is 19.5 Å². The molecule has 0 unspecified atom stereocenters. The zero-order chi connectivity index (χ0) is 13.3. The molecular weight excluding hydrogens is 242 g/mol. The highest BCUT2D eigenvalue weighted by atomic mass is 16.6. The lowest BCUT2D eigenvalue weighted by Gasteiger charge is -2.02. The van der Waals surface area contributed by atoms with Gasteiger partial charge in [-0.15, -0.1) is 0 Å². The molecule has 2 aromatic rings. The number of rotatable bonds is 3. The van der Waals surface area contributed by atoms with Gasteiger partial charge in [0.25, 0.3) is 0 Å². The minimum atomic E-state index is -0.940. The highest BCUT2D eigenvalue weighted by Gasteiger charge is 2.23. The summed E-state index contributed by atoms with van der Waals surface area (Å²) in [7, 11) is 1.17. The molecule has 2 heterocycles. The highest BCUT2D eigenvalue weighted by molar-refractivity contribution is 5.34. The maximum Gasteiger partial charge on any atom is 0.353 e. The lowest BCUT2D eigenvalue weighted by Crippen LogP contribution is -2.35. The van der Waals surface area contributed by atoms with Crippen LogP contribution in [0.3, 0.4) is 0 Å². The van der Waals surface area contributed by atoms with Crippen molar-refractivity contribution in [3.63, 3.8) is 0 Å². The lowest BCUT2D eigenvalue weighted by molar-refractivity contribution is -0.387. The van der Waals surface area contributed by atoms with Gasteiger partial charge in [0.05, 0.1) is 17.6 Å². The molecule has 18 heavy (non-hydrogen) atoms. The highest BCUT2D eigenvalue weighted by Crippen LogP contribution is 2.14. The van der Waals surface area contributed by atoms with Gasteiger partial charge in [0.15, 0.2) is 0 Å². The van der Waals surface area contributed by atoms with E-state index < -0.39 is 21.9 Å². The number of hydrogen-bond donors (Lipinski definition) is 1. The normalized spacial score (nSPS) is 10.5. The molecule has 0 saturated heterocycles. The maximum absolute atomic E-state index is 11.7. The van der Waals surface area contributed by atoms with E-state index in [1.807, 2.05) is 0 Å². The molecule has 0 aromatic carbocycles. The summed E-state index contributed by atoms with van der Waals surface area (Å²) in [6, 6.07) is 3.21. The van der Waals surface area contributed by atoms with Crippen molar-refractivity contribution in [2.45, 2.75) is 6.42 Å². The van der Waals surface area contributed by atoms with Crippen LogP contribution in [0.1, 0.15) is 11.5 Å². The first-order valence-electron chi connectivity index (χ1n) is 4.99. The monoisotopic (exact) mass is 251 g/mol. The van der Waals surface area contributed by atoms with E-state index in [0.29, 0.717) is 10.3 Å². The average Bonchev–Trinajstić information content (AvgIpc) is 2.78. The molecule has 0 aliphatic heterocycles. The summed E-state index contributed by atoms with van der Waals surface area (Å²) in [6.07, 6.45) is 1.38. The predicted molar refractivity (Wildman–Crippen MR) is 60.5 cm³/mol. The van der Waals surface area contributed by atoms with Gasteiger partial charge >= 0.3 is 16.9 Å². The number of aromatic amines is 1. The third-order valence-corrected chi connectivity index (χ3v) is 2.47. The molecule has 0 aliphatic carbocycles. The van der Waals surface area contributed by atoms with Crippen LogP contribution in [0.25, 0.3) is 0 Å². The number of nitrogens with one attached hydrogen (secondary N) is 1. The Bertz CT molecular complexity index is 695. The van der Waals surface area contributed by atoms with Crippen molar-refractivity contribution >= 4 is 5.69 Å². The second-order valence-electron chi connectivity index (χ2n) is 3.63. The third kappa shape index (κ3) is 1.95. The second-order valence-corrected chi connectivity index (χ2v) is 3.63. The Hall–Kier alpha value is -2.64. The molecule has 2 aromatic heterocycles. The number of H-pyrrole nitrogens is 1. The number of furan rings is 1. The predicted octanol–water partition coefficient (Wildman–Crippen LogP) is 0.166. The molecule has 0 saturated carbocycles. The van der Waals surface area contributed by atoms with Crippen molar-refractivity contribution in [1.29, 1.82) is 0 Å². The van der Waals surface area contributed by atoms with Gasteiger partial charge in [0.1, 0.15) is 11.5 Å². The van der Waals surface area contributed by atoms with E-state index in [9.17, 15) is 19.7 Å². The van der Waals surface area contributed by atoms with E-state index in [2.05, 4.69) is 4.98 Å². The fourth-order valence-electron chi connectivity index (χ4n) is 1.56. The molecule has 0 aliphatic rings. The standard InChI is InChI=1S/C10H9N3O5/c1-12-9(14)8(13(16)17)7(11-10(12)15)5-6-3-2-4-18-6/h2-4H,5H2,1H3,(H,11,15). The zero-order valence-corrected chi connectivity index (χ0v) is 9.37. The molecule has 8 nitrogen and oxygen atoms in total. The van der Waals surface area contributed by atoms with E-state index in [0.717, 1.165) is 0 Å². The summed E-state index contributed by atoms with van der Waals surface area (Å²) in [6.45, 7) is 0. The van der Waals surface area contributed by atoms with Crippen LogP contribution in [-0.4, -0.2) is 14.5 Å². The van der Waals surface area contributed by atoms with E-state index in [1.165, 1.54) is 13.3 Å². The minimum Gasteiger partial charge on any atom is -0.469 e. The number of hydrogen-bond acceptors (Lipinski definition) is 5. The third-order valence-electron chi connectivity index (χ3n) is 2.47. The van der Waals surface area contributed by atoms with Crippen LogP contribution in [-0.2, 0) is 13.5 Å². The van der Waals surface area contributed by atoms with Crippen molar-refractivity contribution in [3.8, 4) is 0 Å². The molecule has 0 spiro atoms. The molecule has 94 valence electrons. The van der Waals surface area contributed by atoms with Crippen molar-refractivity contribution in [2.75, 3.05) is 0 Å². The van der Waals surface area contributed by atoms with Gasteiger partial charge in [0, 0.05) is 7.05 Å². The van der Waals surface area contributed by atoms with Crippen molar-refractivity contribution in [2.24, 2.45) is 7.05 Å². The molecule has 2 rings (SSSR count). The van der Waals surface area contributed by atoms with Crippen molar-refractivity contribution in [1.82, 2.24) is 9.55 Å². The summed E-state index contributed by atoms with van der Waals surface area (Å²) in [5.41, 5.74) is -2.35. The van der Waals surface area contributed by atoms with Gasteiger partial charge in [-0.25, -0.2) is 4.79 Å². The molecule has 0 fully saturated rings. The Balaban J connectivity index is 2.63. The van der Waals surface area contributed by atoms with Crippen LogP contribution in [0.5, 0.6) is 0 Å². The van der Waals surface area contributed by atoms with Crippen LogP contribution in [0, 0.1) is 10.1 Å². The largest absolute Gasteiger partial charge is 0.469 e. The molecule has 0 radical (unpaired) electrons. The fraction of sp³-hybridized carbons (Fsp3) is 0.200. The molecule has 0 amide bonds. The van der Waals surface area contributed by atoms with Crippen molar-refractivity contribution in [3.05, 3.63) is 60.8 Å². The first-order valence-corrected chi connectivity index (χ1v) is 4.99. The SMILES string of the molecule is Cn1c(=O)[nH]c(Cc2ccco2)c([N+](=O)[O-])c1=O. The molecule has 0 atom stereocenters. The van der Waals surface area contributed by atoms with E-state index in [1.54, 1.807) is 12.1 Å². The Morgan fingerprint density at radius 3 is 2.78 bits per heavy atom. The molecular formula is C10H9N3O5. The fourth-order valence-corrected chi connectivity index (χ4v) is 1.56. The van der Waals surface area contributed by atoms with Crippen LogP contribution >= 0.6 is 0 Å². The summed E-state index contributed by atoms with van der Waals surface area (Å²) in [5.74, 6) is 0.419. The van der Waals surface area contributed by atoms with Crippen LogP contribution < -0.4 is 11.2 Å². The van der Waals surface area contributed by atoms with E-state index in [4.69, 9.17) is 4.42 Å². The molecule has 0 bridgehead atoms. The summed E-state index contributed by atoms with van der Waals surface area (Å²) < 4.78 is 5.69. The number of nitrogens with zero attached hydrogens (tertiary/aromatic N) is 2. The van der Waals surface area contributed by atoms with Crippen LogP contribution in [0.4, 0.5) is 5.69 Å². The smallest absolute Gasteiger partial charge is 0.353 e. The Morgan fingerprint density at radius 2 is 2.22 bits per heavy atom. The number of nitro groups is 1. The molecule has 8 heteroatoms. The lowest BCUT2D eigenvalue weighted by atomic mass is 10.2. The Kier molecular flexibility index (Phi) is 2.84. The Labute approximate surface area is 99.6 Å². The van der Waals surface area contributed by atoms with Gasteiger partial charge in [-0.1, -0.05) is 0 Å². The summed E-state index contributed by atoms with van der Waals surface area (Å²) in [4.78, 5) is 35.4. The molecule has 1 N–H and O–H groups in total. The Morgan fingerprint density at radius 1 is 1.50 bits per heavy atom. The van der Waals surface area contributed by atoms with Gasteiger partial charge < -0.3 is 9.40 Å². The first kappa shape index (κ1) is 11.8. The average molecular weight is 251 g/mol. The van der Waals surface area contributed by atoms with E-state index >= 15 is 0 Å². The van der Waals surface area contributed by atoms with Gasteiger partial charge in [0.2, 0.25) is 0 Å². The van der Waals surface area contributed by atoms with E-state index in [-0.39, 0.29) is 12.1 Å². The van der Waals surface area contributed by atoms with Crippen LogP contribution in [0.2, 0.25) is 0 Å². The van der Waals surface area contributed by atoms with Gasteiger partial charge in [-0.05, 0) is 12.1 Å². The zero-order valence-electron chi connectivity index (χ0n) is 9.37. The number of aromatic nitrogens is 2. The first-order chi connectivity index (χ1) is 8.50. The topological polar surface area (TPSA) is 111 Å². The maximum atomic E-state index is 11.7. The second kappa shape index (κ2) is 4.32. The van der Waals surface area contributed by atoms with Crippen molar-refractivity contribution < 1.29 is 9.34 Å². The van der Waals surface area contributed by atoms with Crippen LogP contribution in [0.15, 0.2) is 32.4 Å². The minimum absolute atomic E-state index is 0.0192.